The van der Waals surface area contributed by atoms with Gasteiger partial charge in [-0.1, -0.05) is 18.2 Å². The van der Waals surface area contributed by atoms with Gasteiger partial charge in [-0.05, 0) is 24.1 Å². The summed E-state index contributed by atoms with van der Waals surface area (Å²) < 4.78 is 37.9. The average molecular weight is 445 g/mol. The van der Waals surface area contributed by atoms with Gasteiger partial charge in [-0.3, -0.25) is 0 Å². The molecule has 3 heterocycles. The number of carbonyl (C=O) groups is 1. The standard InChI is InChI=1S/C21H24N4O5S/c1-29-21(26)16-12-19(31(27,28)25-8-10-30-11-9-25)20(24-14-16)22-7-6-15-13-23-18-5-3-2-4-17(15)18/h2-5,12-14,23H,6-11H2,1H3,(H,22,24). The average Bonchev–Trinajstić information content (AvgIpc) is 3.22. The highest BCUT2D eigenvalue weighted by Crippen LogP contribution is 2.26. The molecule has 0 saturated carbocycles. The molecule has 1 aliphatic heterocycles. The predicted octanol–water partition coefficient (Wildman–Crippen LogP) is 2.02. The minimum atomic E-state index is -3.86. The number of benzene rings is 1. The van der Waals surface area contributed by atoms with Crippen LogP contribution in [-0.2, 0) is 25.9 Å². The van der Waals surface area contributed by atoms with E-state index in [1.807, 2.05) is 30.5 Å². The van der Waals surface area contributed by atoms with Crippen molar-refractivity contribution in [1.29, 1.82) is 0 Å². The van der Waals surface area contributed by atoms with Gasteiger partial charge in [0, 0.05) is 42.9 Å². The highest BCUT2D eigenvalue weighted by Gasteiger charge is 2.30. The first-order chi connectivity index (χ1) is 15.0. The highest BCUT2D eigenvalue weighted by molar-refractivity contribution is 7.89. The summed E-state index contributed by atoms with van der Waals surface area (Å²) in [6.07, 6.45) is 3.94. The molecule has 0 unspecified atom stereocenters. The molecular weight excluding hydrogens is 420 g/mol. The number of para-hydroxylation sites is 1. The van der Waals surface area contributed by atoms with Crippen molar-refractivity contribution in [3.05, 3.63) is 53.9 Å². The Morgan fingerprint density at radius 2 is 2.06 bits per heavy atom. The van der Waals surface area contributed by atoms with Crippen molar-refractivity contribution in [3.63, 3.8) is 0 Å². The molecule has 0 amide bonds. The number of methoxy groups -OCH3 is 1. The Hall–Kier alpha value is -2.95. The Bertz CT molecular complexity index is 1190. The van der Waals surface area contributed by atoms with Gasteiger partial charge in [-0.2, -0.15) is 4.31 Å². The number of ether oxygens (including phenoxy) is 2. The lowest BCUT2D eigenvalue weighted by Gasteiger charge is -2.27. The normalized spacial score (nSPS) is 15.1. The molecule has 0 aliphatic carbocycles. The van der Waals surface area contributed by atoms with E-state index in [-0.39, 0.29) is 29.4 Å². The Kier molecular flexibility index (Phi) is 6.21. The monoisotopic (exact) mass is 444 g/mol. The second-order valence-electron chi connectivity index (χ2n) is 7.12. The van der Waals surface area contributed by atoms with Crippen molar-refractivity contribution >= 4 is 32.7 Å². The van der Waals surface area contributed by atoms with Crippen LogP contribution in [0.25, 0.3) is 10.9 Å². The maximum Gasteiger partial charge on any atom is 0.339 e. The minimum Gasteiger partial charge on any atom is -0.465 e. The van der Waals surface area contributed by atoms with Crippen LogP contribution in [0.15, 0.2) is 47.6 Å². The molecule has 31 heavy (non-hydrogen) atoms. The van der Waals surface area contributed by atoms with Gasteiger partial charge < -0.3 is 19.8 Å². The van der Waals surface area contributed by atoms with Gasteiger partial charge in [0.2, 0.25) is 10.0 Å². The number of nitrogens with zero attached hydrogens (tertiary/aromatic N) is 2. The number of nitrogens with one attached hydrogen (secondary N) is 2. The molecule has 10 heteroatoms. The summed E-state index contributed by atoms with van der Waals surface area (Å²) in [5.74, 6) is -0.435. The number of fused-ring (bicyclic) bond motifs is 1. The number of H-pyrrole nitrogens is 1. The van der Waals surface area contributed by atoms with E-state index in [4.69, 9.17) is 9.47 Å². The molecule has 0 radical (unpaired) electrons. The molecular formula is C21H24N4O5S. The first-order valence-corrected chi connectivity index (χ1v) is 11.4. The highest BCUT2D eigenvalue weighted by atomic mass is 32.2. The number of sulfonamides is 1. The molecule has 3 aromatic rings. The van der Waals surface area contributed by atoms with Gasteiger partial charge >= 0.3 is 5.97 Å². The molecule has 2 aromatic heterocycles. The number of aromatic nitrogens is 2. The summed E-state index contributed by atoms with van der Waals surface area (Å²) in [5, 5.41) is 4.26. The first kappa shape index (κ1) is 21.3. The molecule has 0 atom stereocenters. The summed E-state index contributed by atoms with van der Waals surface area (Å²) in [7, 11) is -2.62. The molecule has 2 N–H and O–H groups in total. The number of morpholine rings is 1. The van der Waals surface area contributed by atoms with Crippen molar-refractivity contribution < 1.29 is 22.7 Å². The number of esters is 1. The fraction of sp³-hybridized carbons (Fsp3) is 0.333. The van der Waals surface area contributed by atoms with E-state index in [1.54, 1.807) is 0 Å². The number of pyridine rings is 1. The number of aromatic amines is 1. The molecule has 1 saturated heterocycles. The van der Waals surface area contributed by atoms with Gasteiger partial charge in [-0.25, -0.2) is 18.2 Å². The van der Waals surface area contributed by atoms with E-state index in [9.17, 15) is 13.2 Å². The molecule has 1 fully saturated rings. The lowest BCUT2D eigenvalue weighted by molar-refractivity contribution is 0.0600. The minimum absolute atomic E-state index is 0.0452. The summed E-state index contributed by atoms with van der Waals surface area (Å²) in [4.78, 5) is 19.4. The van der Waals surface area contributed by atoms with Crippen LogP contribution < -0.4 is 5.32 Å². The summed E-state index contributed by atoms with van der Waals surface area (Å²) in [6.45, 7) is 1.62. The summed E-state index contributed by atoms with van der Waals surface area (Å²) in [5.41, 5.74) is 2.25. The van der Waals surface area contributed by atoms with Gasteiger partial charge in [-0.15, -0.1) is 0 Å². The zero-order valence-corrected chi connectivity index (χ0v) is 17.9. The lowest BCUT2D eigenvalue weighted by Crippen LogP contribution is -2.41. The Morgan fingerprint density at radius 3 is 2.84 bits per heavy atom. The first-order valence-electron chi connectivity index (χ1n) is 9.96. The molecule has 1 aliphatic rings. The predicted molar refractivity (Wildman–Crippen MR) is 116 cm³/mol. The lowest BCUT2D eigenvalue weighted by atomic mass is 10.1. The van der Waals surface area contributed by atoms with Crippen LogP contribution in [0.1, 0.15) is 15.9 Å². The third-order valence-electron chi connectivity index (χ3n) is 5.22. The van der Waals surface area contributed by atoms with Gasteiger partial charge in [0.1, 0.15) is 10.7 Å². The van der Waals surface area contributed by atoms with Gasteiger partial charge in [0.15, 0.2) is 0 Å². The zero-order chi connectivity index (χ0) is 21.8. The second-order valence-corrected chi connectivity index (χ2v) is 9.02. The molecule has 164 valence electrons. The van der Waals surface area contributed by atoms with E-state index >= 15 is 0 Å². The van der Waals surface area contributed by atoms with Crippen LogP contribution in [0.2, 0.25) is 0 Å². The SMILES string of the molecule is COC(=O)c1cnc(NCCc2c[nH]c3ccccc23)c(S(=O)(=O)N2CCOCC2)c1. The van der Waals surface area contributed by atoms with Crippen LogP contribution in [0, 0.1) is 0 Å². The Balaban J connectivity index is 1.59. The smallest absolute Gasteiger partial charge is 0.339 e. The quantitative estimate of drug-likeness (QED) is 0.536. The summed E-state index contributed by atoms with van der Waals surface area (Å²) in [6, 6.07) is 9.31. The van der Waals surface area contributed by atoms with Crippen LogP contribution >= 0.6 is 0 Å². The Labute approximate surface area is 180 Å². The number of carbonyl (C=O) groups excluding carboxylic acids is 1. The fourth-order valence-corrected chi connectivity index (χ4v) is 5.14. The topological polar surface area (TPSA) is 114 Å². The Morgan fingerprint density at radius 1 is 1.29 bits per heavy atom. The second kappa shape index (κ2) is 9.04. The van der Waals surface area contributed by atoms with Crippen molar-refractivity contribution in [2.45, 2.75) is 11.3 Å². The van der Waals surface area contributed by atoms with E-state index in [0.29, 0.717) is 26.2 Å². The number of hydrogen-bond acceptors (Lipinski definition) is 7. The third-order valence-corrected chi connectivity index (χ3v) is 7.14. The van der Waals surface area contributed by atoms with E-state index in [1.165, 1.54) is 23.7 Å². The van der Waals surface area contributed by atoms with Crippen LogP contribution in [0.4, 0.5) is 5.82 Å². The van der Waals surface area contributed by atoms with E-state index in [0.717, 1.165) is 16.5 Å². The van der Waals surface area contributed by atoms with Crippen molar-refractivity contribution in [3.8, 4) is 0 Å². The third kappa shape index (κ3) is 4.41. The summed E-state index contributed by atoms with van der Waals surface area (Å²) >= 11 is 0. The fourth-order valence-electron chi connectivity index (χ4n) is 3.58. The van der Waals surface area contributed by atoms with Crippen LogP contribution in [0.5, 0.6) is 0 Å². The van der Waals surface area contributed by atoms with Gasteiger partial charge in [0.25, 0.3) is 0 Å². The number of anilines is 1. The van der Waals surface area contributed by atoms with E-state index < -0.39 is 16.0 Å². The maximum absolute atomic E-state index is 13.3. The molecule has 0 bridgehead atoms. The molecule has 9 nitrogen and oxygen atoms in total. The number of hydrogen-bond donors (Lipinski definition) is 2. The van der Waals surface area contributed by atoms with Crippen LogP contribution in [0.3, 0.4) is 0 Å². The molecule has 4 rings (SSSR count). The largest absolute Gasteiger partial charge is 0.465 e. The van der Waals surface area contributed by atoms with Crippen LogP contribution in [-0.4, -0.2) is 68.6 Å². The number of rotatable bonds is 7. The van der Waals surface area contributed by atoms with Crippen molar-refractivity contribution in [2.24, 2.45) is 0 Å². The molecule has 1 aromatic carbocycles. The van der Waals surface area contributed by atoms with Gasteiger partial charge in [0.05, 0.1) is 25.9 Å². The maximum atomic E-state index is 13.3. The molecule has 0 spiro atoms. The zero-order valence-electron chi connectivity index (χ0n) is 17.1. The van der Waals surface area contributed by atoms with Crippen molar-refractivity contribution in [1.82, 2.24) is 14.3 Å². The van der Waals surface area contributed by atoms with E-state index in [2.05, 4.69) is 15.3 Å². The van der Waals surface area contributed by atoms with Crippen molar-refractivity contribution in [2.75, 3.05) is 45.3 Å².